The number of rotatable bonds is 4. The fraction of sp³-hybridized carbons (Fsp3) is 0.750. The van der Waals surface area contributed by atoms with Crippen LogP contribution in [0.4, 0.5) is 5.13 Å². The van der Waals surface area contributed by atoms with Crippen molar-refractivity contribution in [2.24, 2.45) is 5.92 Å². The van der Waals surface area contributed by atoms with E-state index in [4.69, 9.17) is 5.11 Å². The van der Waals surface area contributed by atoms with Crippen molar-refractivity contribution in [2.75, 3.05) is 5.32 Å². The van der Waals surface area contributed by atoms with Crippen LogP contribution in [0.15, 0.2) is 0 Å². The van der Waals surface area contributed by atoms with E-state index < -0.39 is 5.97 Å². The molecule has 0 aromatic carbocycles. The molecule has 0 aliphatic heterocycles. The SMILES string of the molecule is O=C(O)C1CCC(Nc2nc(C3CC3)ns2)CC1. The van der Waals surface area contributed by atoms with Crippen LogP contribution in [0.3, 0.4) is 0 Å². The molecule has 1 heterocycles. The van der Waals surface area contributed by atoms with E-state index >= 15 is 0 Å². The molecule has 0 atom stereocenters. The van der Waals surface area contributed by atoms with Crippen LogP contribution in [0, 0.1) is 5.92 Å². The van der Waals surface area contributed by atoms with Crippen molar-refractivity contribution in [1.82, 2.24) is 9.36 Å². The zero-order valence-corrected chi connectivity index (χ0v) is 10.9. The van der Waals surface area contributed by atoms with Crippen molar-refractivity contribution >= 4 is 22.6 Å². The van der Waals surface area contributed by atoms with Gasteiger partial charge in [-0.25, -0.2) is 4.98 Å². The van der Waals surface area contributed by atoms with Gasteiger partial charge in [-0.3, -0.25) is 4.79 Å². The Morgan fingerprint density at radius 1 is 1.22 bits per heavy atom. The number of nitrogens with zero attached hydrogens (tertiary/aromatic N) is 2. The van der Waals surface area contributed by atoms with Crippen molar-refractivity contribution in [1.29, 1.82) is 0 Å². The second kappa shape index (κ2) is 4.84. The highest BCUT2D eigenvalue weighted by atomic mass is 32.1. The van der Waals surface area contributed by atoms with Gasteiger partial charge in [0.1, 0.15) is 5.82 Å². The van der Waals surface area contributed by atoms with E-state index in [-0.39, 0.29) is 5.92 Å². The molecule has 0 spiro atoms. The van der Waals surface area contributed by atoms with E-state index in [1.165, 1.54) is 24.4 Å². The lowest BCUT2D eigenvalue weighted by Crippen LogP contribution is -2.29. The fourth-order valence-electron chi connectivity index (χ4n) is 2.46. The molecule has 0 amide bonds. The summed E-state index contributed by atoms with van der Waals surface area (Å²) in [6.45, 7) is 0. The number of hydrogen-bond donors (Lipinski definition) is 2. The summed E-state index contributed by atoms with van der Waals surface area (Å²) in [6, 6.07) is 0.362. The van der Waals surface area contributed by atoms with Crippen molar-refractivity contribution in [3.8, 4) is 0 Å². The van der Waals surface area contributed by atoms with Gasteiger partial charge in [0, 0.05) is 23.5 Å². The molecule has 2 saturated carbocycles. The monoisotopic (exact) mass is 267 g/mol. The van der Waals surface area contributed by atoms with Gasteiger partial charge in [-0.1, -0.05) is 0 Å². The van der Waals surface area contributed by atoms with Gasteiger partial charge in [0.25, 0.3) is 0 Å². The minimum Gasteiger partial charge on any atom is -0.481 e. The fourth-order valence-corrected chi connectivity index (χ4v) is 3.18. The molecule has 18 heavy (non-hydrogen) atoms. The second-order valence-corrected chi connectivity index (χ2v) is 6.01. The third-order valence-corrected chi connectivity index (χ3v) is 4.45. The zero-order valence-electron chi connectivity index (χ0n) is 10.1. The number of anilines is 1. The van der Waals surface area contributed by atoms with Crippen LogP contribution in [0.1, 0.15) is 50.3 Å². The Labute approximate surface area is 110 Å². The van der Waals surface area contributed by atoms with E-state index in [1.54, 1.807) is 0 Å². The van der Waals surface area contributed by atoms with Gasteiger partial charge >= 0.3 is 5.97 Å². The number of aliphatic carboxylic acids is 1. The molecule has 2 aliphatic carbocycles. The molecule has 6 heteroatoms. The Bertz CT molecular complexity index is 436. The first-order chi connectivity index (χ1) is 8.72. The predicted octanol–water partition coefficient (Wildman–Crippen LogP) is 2.47. The van der Waals surface area contributed by atoms with Crippen molar-refractivity contribution in [3.05, 3.63) is 5.82 Å². The molecule has 5 nitrogen and oxygen atoms in total. The first-order valence-electron chi connectivity index (χ1n) is 6.55. The molecule has 3 rings (SSSR count). The summed E-state index contributed by atoms with van der Waals surface area (Å²) in [6.07, 6.45) is 5.80. The van der Waals surface area contributed by atoms with Crippen LogP contribution in [0.2, 0.25) is 0 Å². The number of aromatic nitrogens is 2. The van der Waals surface area contributed by atoms with E-state index in [2.05, 4.69) is 14.7 Å². The average molecular weight is 267 g/mol. The Morgan fingerprint density at radius 2 is 1.94 bits per heavy atom. The Kier molecular flexibility index (Phi) is 3.20. The topological polar surface area (TPSA) is 75.1 Å². The standard InChI is InChI=1S/C12H17N3O2S/c16-11(17)8-3-5-9(6-4-8)13-12-14-10(15-18-12)7-1-2-7/h7-9H,1-6H2,(H,16,17)(H,13,14,15). The summed E-state index contributed by atoms with van der Waals surface area (Å²) in [4.78, 5) is 15.4. The number of carbonyl (C=O) groups is 1. The van der Waals surface area contributed by atoms with Crippen LogP contribution in [-0.2, 0) is 4.79 Å². The molecule has 2 aliphatic rings. The second-order valence-electron chi connectivity index (χ2n) is 5.26. The predicted molar refractivity (Wildman–Crippen MR) is 68.9 cm³/mol. The van der Waals surface area contributed by atoms with Crippen LogP contribution >= 0.6 is 11.5 Å². The Morgan fingerprint density at radius 3 is 2.56 bits per heavy atom. The highest BCUT2D eigenvalue weighted by Gasteiger charge is 2.29. The van der Waals surface area contributed by atoms with Crippen molar-refractivity contribution in [3.63, 3.8) is 0 Å². The third-order valence-electron chi connectivity index (χ3n) is 3.79. The van der Waals surface area contributed by atoms with Gasteiger partial charge < -0.3 is 10.4 Å². The van der Waals surface area contributed by atoms with E-state index in [9.17, 15) is 4.79 Å². The Hall–Kier alpha value is -1.17. The van der Waals surface area contributed by atoms with Gasteiger partial charge in [-0.2, -0.15) is 4.37 Å². The summed E-state index contributed by atoms with van der Waals surface area (Å²) in [5, 5.41) is 13.2. The van der Waals surface area contributed by atoms with E-state index in [0.717, 1.165) is 36.6 Å². The lowest BCUT2D eigenvalue weighted by molar-refractivity contribution is -0.142. The quantitative estimate of drug-likeness (QED) is 0.876. The number of carboxylic acids is 1. The molecule has 0 radical (unpaired) electrons. The smallest absolute Gasteiger partial charge is 0.306 e. The van der Waals surface area contributed by atoms with Crippen molar-refractivity contribution in [2.45, 2.75) is 50.5 Å². The van der Waals surface area contributed by atoms with Gasteiger partial charge in [-0.05, 0) is 38.5 Å². The molecule has 2 N–H and O–H groups in total. The van der Waals surface area contributed by atoms with E-state index in [1.807, 2.05) is 0 Å². The first-order valence-corrected chi connectivity index (χ1v) is 7.32. The molecule has 0 saturated heterocycles. The minimum atomic E-state index is -0.652. The summed E-state index contributed by atoms with van der Waals surface area (Å²) in [7, 11) is 0. The molecule has 2 fully saturated rings. The molecule has 0 unspecified atom stereocenters. The first kappa shape index (κ1) is 11.9. The van der Waals surface area contributed by atoms with Gasteiger partial charge in [-0.15, -0.1) is 0 Å². The number of carboxylic acid groups (broad SMARTS) is 1. The lowest BCUT2D eigenvalue weighted by atomic mass is 9.86. The normalized spacial score (nSPS) is 28.0. The summed E-state index contributed by atoms with van der Waals surface area (Å²) >= 11 is 1.43. The summed E-state index contributed by atoms with van der Waals surface area (Å²) < 4.78 is 4.36. The summed E-state index contributed by atoms with van der Waals surface area (Å²) in [5.41, 5.74) is 0. The summed E-state index contributed by atoms with van der Waals surface area (Å²) in [5.74, 6) is 0.779. The molecular weight excluding hydrogens is 250 g/mol. The van der Waals surface area contributed by atoms with Gasteiger partial charge in [0.15, 0.2) is 0 Å². The highest BCUT2D eigenvalue weighted by Crippen LogP contribution is 2.39. The molecular formula is C12H17N3O2S. The van der Waals surface area contributed by atoms with Crippen LogP contribution in [0.25, 0.3) is 0 Å². The largest absolute Gasteiger partial charge is 0.481 e. The van der Waals surface area contributed by atoms with Crippen LogP contribution in [-0.4, -0.2) is 26.5 Å². The molecule has 98 valence electrons. The van der Waals surface area contributed by atoms with Gasteiger partial charge in [0.05, 0.1) is 5.92 Å². The van der Waals surface area contributed by atoms with Crippen molar-refractivity contribution < 1.29 is 9.90 Å². The Balaban J connectivity index is 1.52. The zero-order chi connectivity index (χ0) is 12.5. The average Bonchev–Trinajstić information content (AvgIpc) is 3.11. The number of hydrogen-bond acceptors (Lipinski definition) is 5. The maximum atomic E-state index is 10.9. The highest BCUT2D eigenvalue weighted by molar-refractivity contribution is 7.09. The minimum absolute atomic E-state index is 0.153. The molecule has 1 aromatic rings. The molecule has 1 aromatic heterocycles. The third kappa shape index (κ3) is 2.63. The number of nitrogens with one attached hydrogen (secondary N) is 1. The van der Waals surface area contributed by atoms with Crippen LogP contribution in [0.5, 0.6) is 0 Å². The lowest BCUT2D eigenvalue weighted by Gasteiger charge is -2.26. The van der Waals surface area contributed by atoms with Crippen LogP contribution < -0.4 is 5.32 Å². The van der Waals surface area contributed by atoms with Gasteiger partial charge in [0.2, 0.25) is 5.13 Å². The molecule has 0 bridgehead atoms. The maximum absolute atomic E-state index is 10.9. The maximum Gasteiger partial charge on any atom is 0.306 e. The van der Waals surface area contributed by atoms with E-state index in [0.29, 0.717) is 12.0 Å².